The molecule has 110 valence electrons. The summed E-state index contributed by atoms with van der Waals surface area (Å²) in [5.41, 5.74) is 0. The minimum absolute atomic E-state index is 0. The summed E-state index contributed by atoms with van der Waals surface area (Å²) >= 11 is 0. The van der Waals surface area contributed by atoms with Gasteiger partial charge < -0.3 is 20.3 Å². The topological polar surface area (TPSA) is 53.6 Å². The average Bonchev–Trinajstić information content (AvgIpc) is 2.30. The number of hydrogen-bond donors (Lipinski definition) is 2. The highest BCUT2D eigenvalue weighted by Gasteiger charge is 2.16. The summed E-state index contributed by atoms with van der Waals surface area (Å²) in [4.78, 5) is 13.7. The van der Waals surface area contributed by atoms with Crippen LogP contribution in [0.1, 0.15) is 13.3 Å². The number of nitrogens with one attached hydrogen (secondary N) is 2. The van der Waals surface area contributed by atoms with Gasteiger partial charge in [0.05, 0.1) is 13.2 Å². The second-order valence-electron chi connectivity index (χ2n) is 4.18. The molecule has 1 unspecified atom stereocenters. The van der Waals surface area contributed by atoms with Crippen LogP contribution >= 0.6 is 24.8 Å². The van der Waals surface area contributed by atoms with Gasteiger partial charge in [0.2, 0.25) is 5.91 Å². The van der Waals surface area contributed by atoms with Crippen LogP contribution in [0.5, 0.6) is 0 Å². The first-order valence-corrected chi connectivity index (χ1v) is 5.98. The molecular formula is C11H25Cl2N3O2. The van der Waals surface area contributed by atoms with Crippen LogP contribution in [0.4, 0.5) is 0 Å². The van der Waals surface area contributed by atoms with E-state index in [-0.39, 0.29) is 36.8 Å². The van der Waals surface area contributed by atoms with E-state index < -0.39 is 0 Å². The van der Waals surface area contributed by atoms with Gasteiger partial charge in [-0.15, -0.1) is 24.8 Å². The second-order valence-corrected chi connectivity index (χ2v) is 4.18. The summed E-state index contributed by atoms with van der Waals surface area (Å²) in [5, 5.41) is 6.18. The molecule has 0 spiro atoms. The average molecular weight is 302 g/mol. The van der Waals surface area contributed by atoms with Crippen LogP contribution in [0.2, 0.25) is 0 Å². The molecule has 0 aromatic rings. The number of rotatable bonds is 6. The van der Waals surface area contributed by atoms with Crippen LogP contribution in [0.25, 0.3) is 0 Å². The Kier molecular flexibility index (Phi) is 13.5. The lowest BCUT2D eigenvalue weighted by molar-refractivity contribution is -0.122. The van der Waals surface area contributed by atoms with Gasteiger partial charge in [0.25, 0.3) is 0 Å². The molecule has 1 aliphatic heterocycles. The fourth-order valence-corrected chi connectivity index (χ4v) is 1.59. The van der Waals surface area contributed by atoms with Crippen LogP contribution in [0, 0.1) is 0 Å². The molecule has 1 saturated heterocycles. The molecule has 1 heterocycles. The van der Waals surface area contributed by atoms with Crippen molar-refractivity contribution in [2.75, 3.05) is 46.4 Å². The van der Waals surface area contributed by atoms with Crippen LogP contribution in [0.3, 0.4) is 0 Å². The minimum atomic E-state index is 0. The Labute approximate surface area is 122 Å². The van der Waals surface area contributed by atoms with E-state index in [1.54, 1.807) is 0 Å². The Hall–Kier alpha value is -0.0700. The zero-order chi connectivity index (χ0) is 11.8. The summed E-state index contributed by atoms with van der Waals surface area (Å²) in [6, 6.07) is 0.178. The molecule has 0 aromatic carbocycles. The molecule has 0 radical (unpaired) electrons. The van der Waals surface area contributed by atoms with Crippen LogP contribution in [-0.2, 0) is 9.53 Å². The molecule has 2 N–H and O–H groups in total. The number of carbonyl (C=O) groups is 1. The van der Waals surface area contributed by atoms with E-state index in [2.05, 4.69) is 22.5 Å². The number of amides is 1. The predicted molar refractivity (Wildman–Crippen MR) is 77.9 cm³/mol. The molecular weight excluding hydrogens is 277 g/mol. The first kappa shape index (κ1) is 20.3. The summed E-state index contributed by atoms with van der Waals surface area (Å²) in [6.07, 6.45) is 0.510. The molecule has 7 heteroatoms. The lowest BCUT2D eigenvalue weighted by Crippen LogP contribution is -2.44. The monoisotopic (exact) mass is 301 g/mol. The van der Waals surface area contributed by atoms with Crippen molar-refractivity contribution in [3.8, 4) is 0 Å². The lowest BCUT2D eigenvalue weighted by atomic mass is 10.2. The molecule has 0 aliphatic carbocycles. The van der Waals surface area contributed by atoms with Crippen molar-refractivity contribution in [3.05, 3.63) is 0 Å². The Bertz CT molecular complexity index is 214. The highest BCUT2D eigenvalue weighted by molar-refractivity contribution is 5.85. The maximum atomic E-state index is 11.6. The third-order valence-electron chi connectivity index (χ3n) is 2.79. The van der Waals surface area contributed by atoms with Crippen molar-refractivity contribution in [3.63, 3.8) is 0 Å². The second kappa shape index (κ2) is 12.0. The van der Waals surface area contributed by atoms with E-state index in [1.165, 1.54) is 0 Å². The highest BCUT2D eigenvalue weighted by Crippen LogP contribution is 1.97. The number of likely N-dealkylation sites (N-methyl/N-ethyl adjacent to an activating group) is 1. The van der Waals surface area contributed by atoms with Crippen LogP contribution in [0.15, 0.2) is 0 Å². The normalized spacial score (nSPS) is 18.7. The van der Waals surface area contributed by atoms with Gasteiger partial charge in [-0.3, -0.25) is 4.79 Å². The van der Waals surface area contributed by atoms with Gasteiger partial charge in [-0.1, -0.05) is 6.92 Å². The standard InChI is InChI=1S/C11H23N3O2.2ClH/c1-3-14(2)6-4-13-11(15)8-10-9-16-7-5-12-10;;/h10,12H,3-9H2,1-2H3,(H,13,15);2*1H. The molecule has 0 bridgehead atoms. The molecule has 18 heavy (non-hydrogen) atoms. The number of carbonyl (C=O) groups excluding carboxylic acids is 1. The predicted octanol–water partition coefficient (Wildman–Crippen LogP) is 0.276. The zero-order valence-electron chi connectivity index (χ0n) is 11.1. The molecule has 1 aliphatic rings. The molecule has 5 nitrogen and oxygen atoms in total. The van der Waals surface area contributed by atoms with Crippen LogP contribution in [-0.4, -0.2) is 63.3 Å². The van der Waals surface area contributed by atoms with Crippen molar-refractivity contribution >= 4 is 30.7 Å². The Morgan fingerprint density at radius 2 is 2.22 bits per heavy atom. The van der Waals surface area contributed by atoms with E-state index in [4.69, 9.17) is 4.74 Å². The third kappa shape index (κ3) is 8.94. The fraction of sp³-hybridized carbons (Fsp3) is 0.909. The van der Waals surface area contributed by atoms with E-state index >= 15 is 0 Å². The Morgan fingerprint density at radius 1 is 1.50 bits per heavy atom. The Balaban J connectivity index is 0. The summed E-state index contributed by atoms with van der Waals surface area (Å²) in [5.74, 6) is 0.104. The van der Waals surface area contributed by atoms with Crippen molar-refractivity contribution in [2.24, 2.45) is 0 Å². The molecule has 1 rings (SSSR count). The molecule has 1 amide bonds. The van der Waals surface area contributed by atoms with Crippen molar-refractivity contribution in [2.45, 2.75) is 19.4 Å². The number of nitrogens with zero attached hydrogens (tertiary/aromatic N) is 1. The first-order valence-electron chi connectivity index (χ1n) is 5.98. The number of morpholine rings is 1. The Morgan fingerprint density at radius 3 is 2.78 bits per heavy atom. The fourth-order valence-electron chi connectivity index (χ4n) is 1.59. The highest BCUT2D eigenvalue weighted by atomic mass is 35.5. The molecule has 0 aromatic heterocycles. The van der Waals surface area contributed by atoms with Gasteiger partial charge in [0.1, 0.15) is 0 Å². The smallest absolute Gasteiger partial charge is 0.221 e. The van der Waals surface area contributed by atoms with Gasteiger partial charge >= 0.3 is 0 Å². The van der Waals surface area contributed by atoms with Crippen LogP contribution < -0.4 is 10.6 Å². The number of ether oxygens (including phenoxy) is 1. The molecule has 1 fully saturated rings. The quantitative estimate of drug-likeness (QED) is 0.740. The van der Waals surface area contributed by atoms with Gasteiger partial charge in [-0.2, -0.15) is 0 Å². The largest absolute Gasteiger partial charge is 0.378 e. The third-order valence-corrected chi connectivity index (χ3v) is 2.79. The van der Waals surface area contributed by atoms with Gasteiger partial charge in [-0.05, 0) is 13.6 Å². The van der Waals surface area contributed by atoms with E-state index in [1.807, 2.05) is 7.05 Å². The first-order chi connectivity index (χ1) is 7.72. The summed E-state index contributed by atoms with van der Waals surface area (Å²) in [7, 11) is 2.04. The maximum absolute atomic E-state index is 11.6. The SMILES string of the molecule is CCN(C)CCNC(=O)CC1COCCN1.Cl.Cl. The van der Waals surface area contributed by atoms with Gasteiger partial charge in [0.15, 0.2) is 0 Å². The lowest BCUT2D eigenvalue weighted by Gasteiger charge is -2.23. The summed E-state index contributed by atoms with van der Waals surface area (Å²) < 4.78 is 5.29. The molecule has 0 saturated carbocycles. The van der Waals surface area contributed by atoms with E-state index in [0.29, 0.717) is 13.0 Å². The maximum Gasteiger partial charge on any atom is 0.221 e. The minimum Gasteiger partial charge on any atom is -0.378 e. The zero-order valence-corrected chi connectivity index (χ0v) is 12.7. The van der Waals surface area contributed by atoms with E-state index in [0.717, 1.165) is 32.8 Å². The number of hydrogen-bond acceptors (Lipinski definition) is 4. The summed E-state index contributed by atoms with van der Waals surface area (Å²) in [6.45, 7) is 6.96. The van der Waals surface area contributed by atoms with Crippen molar-refractivity contribution < 1.29 is 9.53 Å². The van der Waals surface area contributed by atoms with Gasteiger partial charge in [-0.25, -0.2) is 0 Å². The number of halogens is 2. The van der Waals surface area contributed by atoms with E-state index in [9.17, 15) is 4.79 Å². The van der Waals surface area contributed by atoms with Crippen molar-refractivity contribution in [1.82, 2.24) is 15.5 Å². The van der Waals surface area contributed by atoms with Crippen molar-refractivity contribution in [1.29, 1.82) is 0 Å². The van der Waals surface area contributed by atoms with Gasteiger partial charge in [0, 0.05) is 32.1 Å². The molecule has 1 atom stereocenters.